The van der Waals surface area contributed by atoms with Crippen LogP contribution in [0.25, 0.3) is 0 Å². The minimum Gasteiger partial charge on any atom is -0.389 e. The van der Waals surface area contributed by atoms with E-state index in [9.17, 15) is 5.11 Å². The lowest BCUT2D eigenvalue weighted by Gasteiger charge is -2.33. The maximum atomic E-state index is 9.49. The van der Waals surface area contributed by atoms with Gasteiger partial charge in [-0.2, -0.15) is 0 Å². The highest BCUT2D eigenvalue weighted by Gasteiger charge is 2.21. The van der Waals surface area contributed by atoms with Gasteiger partial charge in [-0.25, -0.2) is 4.98 Å². The second-order valence-electron chi connectivity index (χ2n) is 5.21. The van der Waals surface area contributed by atoms with E-state index in [4.69, 9.17) is 4.74 Å². The van der Waals surface area contributed by atoms with E-state index >= 15 is 0 Å². The van der Waals surface area contributed by atoms with Crippen molar-refractivity contribution >= 4 is 5.82 Å². The van der Waals surface area contributed by atoms with Gasteiger partial charge in [-0.3, -0.25) is 0 Å². The van der Waals surface area contributed by atoms with Gasteiger partial charge in [-0.1, -0.05) is 13.0 Å². The first-order valence-corrected chi connectivity index (χ1v) is 7.21. The van der Waals surface area contributed by atoms with Crippen LogP contribution in [0, 0.1) is 0 Å². The largest absolute Gasteiger partial charge is 0.389 e. The fourth-order valence-electron chi connectivity index (χ4n) is 2.40. The summed E-state index contributed by atoms with van der Waals surface area (Å²) in [6, 6.07) is 3.94. The highest BCUT2D eigenvalue weighted by molar-refractivity contribution is 5.40. The van der Waals surface area contributed by atoms with Gasteiger partial charge in [-0.15, -0.1) is 0 Å². The second kappa shape index (κ2) is 6.87. The van der Waals surface area contributed by atoms with Crippen molar-refractivity contribution in [1.29, 1.82) is 0 Å². The number of aliphatic hydroxyl groups excluding tert-OH is 1. The lowest BCUT2D eigenvalue weighted by atomic mass is 10.1. The van der Waals surface area contributed by atoms with Crippen molar-refractivity contribution < 1.29 is 9.84 Å². The third-order valence-corrected chi connectivity index (χ3v) is 3.51. The molecule has 1 fully saturated rings. The molecule has 1 aliphatic heterocycles. The smallest absolute Gasteiger partial charge is 0.128 e. The minimum absolute atomic E-state index is 0.326. The van der Waals surface area contributed by atoms with Gasteiger partial charge in [0.1, 0.15) is 5.82 Å². The molecular weight excluding hydrogens is 240 g/mol. The molecule has 0 amide bonds. The molecule has 2 heterocycles. The number of hydrogen-bond acceptors (Lipinski definition) is 4. The maximum Gasteiger partial charge on any atom is 0.128 e. The first kappa shape index (κ1) is 14.3. The third-order valence-electron chi connectivity index (χ3n) is 3.51. The number of piperidine rings is 1. The van der Waals surface area contributed by atoms with Crippen LogP contribution in [-0.2, 0) is 4.74 Å². The van der Waals surface area contributed by atoms with Crippen molar-refractivity contribution in [3.8, 4) is 0 Å². The molecule has 0 bridgehead atoms. The van der Waals surface area contributed by atoms with Crippen LogP contribution in [0.5, 0.6) is 0 Å². The molecule has 4 nitrogen and oxygen atoms in total. The first-order chi connectivity index (χ1) is 9.20. The van der Waals surface area contributed by atoms with Crippen LogP contribution in [0.2, 0.25) is 0 Å². The predicted octanol–water partition coefficient (Wildman–Crippen LogP) is 2.53. The lowest BCUT2D eigenvalue weighted by Crippen LogP contribution is -2.40. The van der Waals surface area contributed by atoms with Crippen molar-refractivity contribution in [3.05, 3.63) is 23.9 Å². The summed E-state index contributed by atoms with van der Waals surface area (Å²) in [7, 11) is 0. The van der Waals surface area contributed by atoms with E-state index < -0.39 is 6.10 Å². The number of aromatic nitrogens is 1. The Kier molecular flexibility index (Phi) is 5.16. The number of nitrogens with zero attached hydrogens (tertiary/aromatic N) is 2. The zero-order valence-electron chi connectivity index (χ0n) is 11.9. The van der Waals surface area contributed by atoms with Gasteiger partial charge in [0.05, 0.1) is 12.2 Å². The van der Waals surface area contributed by atoms with Crippen LogP contribution in [0.4, 0.5) is 5.82 Å². The molecule has 2 rings (SSSR count). The Bertz CT molecular complexity index is 378. The number of rotatable bonds is 5. The van der Waals surface area contributed by atoms with Crippen LogP contribution in [0.1, 0.15) is 44.8 Å². The maximum absolute atomic E-state index is 9.49. The van der Waals surface area contributed by atoms with Crippen molar-refractivity contribution in [2.45, 2.75) is 45.3 Å². The Balaban J connectivity index is 1.96. The van der Waals surface area contributed by atoms with Crippen LogP contribution in [-0.4, -0.2) is 35.9 Å². The molecule has 1 aliphatic rings. The van der Waals surface area contributed by atoms with E-state index in [1.807, 2.05) is 12.1 Å². The molecule has 0 radical (unpaired) electrons. The summed E-state index contributed by atoms with van der Waals surface area (Å²) in [5.41, 5.74) is 0.861. The van der Waals surface area contributed by atoms with Crippen molar-refractivity contribution in [3.63, 3.8) is 0 Å². The molecule has 4 heteroatoms. The molecule has 1 aromatic rings. The Morgan fingerprint density at radius 1 is 1.53 bits per heavy atom. The first-order valence-electron chi connectivity index (χ1n) is 7.21. The van der Waals surface area contributed by atoms with E-state index in [0.717, 1.165) is 50.3 Å². The Labute approximate surface area is 115 Å². The minimum atomic E-state index is -0.455. The van der Waals surface area contributed by atoms with Gasteiger partial charge in [0.15, 0.2) is 0 Å². The standard InChI is InChI=1S/C15H24N2O2/c1-3-9-19-14-5-4-8-17(11-14)15-7-6-13(10-16-15)12(2)18/h6-7,10,12,14,18H,3-5,8-9,11H2,1-2H3/t12-,14?/m1/s1. The number of aliphatic hydroxyl groups is 1. The van der Waals surface area contributed by atoms with Crippen LogP contribution >= 0.6 is 0 Å². The van der Waals surface area contributed by atoms with Gasteiger partial charge in [0, 0.05) is 25.9 Å². The molecule has 0 saturated carbocycles. The van der Waals surface area contributed by atoms with Gasteiger partial charge < -0.3 is 14.7 Å². The van der Waals surface area contributed by atoms with Crippen LogP contribution in [0.15, 0.2) is 18.3 Å². The summed E-state index contributed by atoms with van der Waals surface area (Å²) in [5.74, 6) is 0.981. The summed E-state index contributed by atoms with van der Waals surface area (Å²) < 4.78 is 5.84. The van der Waals surface area contributed by atoms with E-state index in [1.165, 1.54) is 0 Å². The van der Waals surface area contributed by atoms with E-state index in [2.05, 4.69) is 16.8 Å². The summed E-state index contributed by atoms with van der Waals surface area (Å²) >= 11 is 0. The molecule has 0 aromatic carbocycles. The average Bonchev–Trinajstić information content (AvgIpc) is 2.45. The van der Waals surface area contributed by atoms with E-state index in [-0.39, 0.29) is 0 Å². The molecule has 1 N–H and O–H groups in total. The van der Waals surface area contributed by atoms with Crippen molar-refractivity contribution in [1.82, 2.24) is 4.98 Å². The predicted molar refractivity (Wildman–Crippen MR) is 76.3 cm³/mol. The number of anilines is 1. The molecule has 2 atom stereocenters. The average molecular weight is 264 g/mol. The summed E-state index contributed by atoms with van der Waals surface area (Å²) in [6.45, 7) is 6.68. The molecule has 19 heavy (non-hydrogen) atoms. The van der Waals surface area contributed by atoms with Crippen molar-refractivity contribution in [2.75, 3.05) is 24.6 Å². The molecular formula is C15H24N2O2. The molecule has 0 aliphatic carbocycles. The number of ether oxygens (including phenoxy) is 1. The SMILES string of the molecule is CCCOC1CCCN(c2ccc([C@@H](C)O)cn2)C1. The summed E-state index contributed by atoms with van der Waals surface area (Å²) in [6.07, 6.45) is 4.99. The third kappa shape index (κ3) is 3.91. The second-order valence-corrected chi connectivity index (χ2v) is 5.21. The van der Waals surface area contributed by atoms with Crippen molar-refractivity contribution in [2.24, 2.45) is 0 Å². The molecule has 106 valence electrons. The monoisotopic (exact) mass is 264 g/mol. The van der Waals surface area contributed by atoms with Gasteiger partial charge in [0.2, 0.25) is 0 Å². The molecule has 1 unspecified atom stereocenters. The quantitative estimate of drug-likeness (QED) is 0.887. The van der Waals surface area contributed by atoms with E-state index in [0.29, 0.717) is 6.10 Å². The topological polar surface area (TPSA) is 45.6 Å². The van der Waals surface area contributed by atoms with Crippen LogP contribution in [0.3, 0.4) is 0 Å². The number of pyridine rings is 1. The highest BCUT2D eigenvalue weighted by atomic mass is 16.5. The summed E-state index contributed by atoms with van der Waals surface area (Å²) in [5, 5.41) is 9.49. The Hall–Kier alpha value is -1.13. The fourth-order valence-corrected chi connectivity index (χ4v) is 2.40. The normalized spacial score (nSPS) is 21.4. The fraction of sp³-hybridized carbons (Fsp3) is 0.667. The van der Waals surface area contributed by atoms with E-state index in [1.54, 1.807) is 13.1 Å². The van der Waals surface area contributed by atoms with Crippen LogP contribution < -0.4 is 4.90 Å². The van der Waals surface area contributed by atoms with Gasteiger partial charge >= 0.3 is 0 Å². The molecule has 1 aromatic heterocycles. The van der Waals surface area contributed by atoms with Gasteiger partial charge in [0.25, 0.3) is 0 Å². The summed E-state index contributed by atoms with van der Waals surface area (Å²) in [4.78, 5) is 6.72. The highest BCUT2D eigenvalue weighted by Crippen LogP contribution is 2.21. The molecule has 1 saturated heterocycles. The zero-order chi connectivity index (χ0) is 13.7. The molecule has 0 spiro atoms. The Morgan fingerprint density at radius 3 is 3.00 bits per heavy atom. The van der Waals surface area contributed by atoms with Gasteiger partial charge in [-0.05, 0) is 37.8 Å². The number of hydrogen-bond donors (Lipinski definition) is 1. The Morgan fingerprint density at radius 2 is 2.37 bits per heavy atom. The lowest BCUT2D eigenvalue weighted by molar-refractivity contribution is 0.0439. The zero-order valence-corrected chi connectivity index (χ0v) is 11.9.